The summed E-state index contributed by atoms with van der Waals surface area (Å²) in [5, 5.41) is 10.2. The van der Waals surface area contributed by atoms with Gasteiger partial charge in [-0.25, -0.2) is 0 Å². The van der Waals surface area contributed by atoms with E-state index in [0.29, 0.717) is 12.0 Å². The molecular formula is C16H17F2NO2. The van der Waals surface area contributed by atoms with Gasteiger partial charge in [0, 0.05) is 6.42 Å². The summed E-state index contributed by atoms with van der Waals surface area (Å²) in [6, 6.07) is 14.9. The molecule has 0 aliphatic carbocycles. The molecule has 3 nitrogen and oxygen atoms in total. The monoisotopic (exact) mass is 293 g/mol. The zero-order valence-electron chi connectivity index (χ0n) is 11.3. The number of benzene rings is 2. The van der Waals surface area contributed by atoms with Crippen LogP contribution in [0.1, 0.15) is 17.2 Å². The molecule has 0 spiro atoms. The summed E-state index contributed by atoms with van der Waals surface area (Å²) < 4.78 is 28.7. The third-order valence-electron chi connectivity index (χ3n) is 3.17. The minimum atomic E-state index is -2.88. The molecule has 0 saturated heterocycles. The fourth-order valence-electron chi connectivity index (χ4n) is 2.10. The Bertz CT molecular complexity index is 563. The maximum atomic E-state index is 12.2. The Morgan fingerprint density at radius 1 is 1.05 bits per heavy atom. The summed E-state index contributed by atoms with van der Waals surface area (Å²) in [6.07, 6.45) is -0.420. The lowest BCUT2D eigenvalue weighted by molar-refractivity contribution is -0.0499. The van der Waals surface area contributed by atoms with Crippen molar-refractivity contribution in [2.24, 2.45) is 5.73 Å². The van der Waals surface area contributed by atoms with Gasteiger partial charge < -0.3 is 15.6 Å². The molecule has 0 heterocycles. The van der Waals surface area contributed by atoms with Crippen molar-refractivity contribution in [3.63, 3.8) is 0 Å². The van der Waals surface area contributed by atoms with Crippen LogP contribution in [0.2, 0.25) is 0 Å². The third-order valence-corrected chi connectivity index (χ3v) is 3.17. The molecule has 0 radical (unpaired) electrons. The molecule has 2 aromatic carbocycles. The molecule has 2 rings (SSSR count). The predicted molar refractivity (Wildman–Crippen MR) is 76.2 cm³/mol. The van der Waals surface area contributed by atoms with E-state index in [4.69, 9.17) is 5.73 Å². The van der Waals surface area contributed by atoms with Gasteiger partial charge in [0.25, 0.3) is 0 Å². The summed E-state index contributed by atoms with van der Waals surface area (Å²) in [5.74, 6) is 0.0323. The SMILES string of the molecule is N[C@@H](c1cccc(OC(F)F)c1)[C@H](O)Cc1ccccc1. The zero-order valence-corrected chi connectivity index (χ0v) is 11.3. The van der Waals surface area contributed by atoms with Gasteiger partial charge in [-0.2, -0.15) is 8.78 Å². The maximum absolute atomic E-state index is 12.2. The van der Waals surface area contributed by atoms with Crippen LogP contribution in [0.4, 0.5) is 8.78 Å². The molecule has 0 fully saturated rings. The highest BCUT2D eigenvalue weighted by Gasteiger charge is 2.18. The van der Waals surface area contributed by atoms with E-state index in [-0.39, 0.29) is 5.75 Å². The van der Waals surface area contributed by atoms with Crippen LogP contribution in [0.5, 0.6) is 5.75 Å². The highest BCUT2D eigenvalue weighted by molar-refractivity contribution is 5.31. The van der Waals surface area contributed by atoms with E-state index in [1.807, 2.05) is 30.3 Å². The summed E-state index contributed by atoms with van der Waals surface area (Å²) in [5.41, 5.74) is 7.50. The number of hydrogen-bond acceptors (Lipinski definition) is 3. The molecule has 21 heavy (non-hydrogen) atoms. The Kier molecular flexibility index (Phi) is 5.25. The van der Waals surface area contributed by atoms with Crippen LogP contribution in [0, 0.1) is 0 Å². The van der Waals surface area contributed by atoms with E-state index in [0.717, 1.165) is 5.56 Å². The van der Waals surface area contributed by atoms with Crippen molar-refractivity contribution in [2.45, 2.75) is 25.2 Å². The zero-order chi connectivity index (χ0) is 15.2. The summed E-state index contributed by atoms with van der Waals surface area (Å²) >= 11 is 0. The number of alkyl halides is 2. The summed E-state index contributed by atoms with van der Waals surface area (Å²) in [6.45, 7) is -2.88. The average molecular weight is 293 g/mol. The molecule has 0 amide bonds. The van der Waals surface area contributed by atoms with Crippen molar-refractivity contribution in [3.05, 3.63) is 65.7 Å². The van der Waals surface area contributed by atoms with Crippen molar-refractivity contribution in [3.8, 4) is 5.75 Å². The standard InChI is InChI=1S/C16H17F2NO2/c17-16(18)21-13-8-4-7-12(10-13)15(19)14(20)9-11-5-2-1-3-6-11/h1-8,10,14-16,20H,9,19H2/t14-,15+/m1/s1. The van der Waals surface area contributed by atoms with Crippen LogP contribution < -0.4 is 10.5 Å². The second kappa shape index (κ2) is 7.15. The van der Waals surface area contributed by atoms with Crippen molar-refractivity contribution in [1.29, 1.82) is 0 Å². The molecule has 0 unspecified atom stereocenters. The number of aliphatic hydroxyl groups excluding tert-OH is 1. The Morgan fingerprint density at radius 2 is 1.76 bits per heavy atom. The smallest absolute Gasteiger partial charge is 0.387 e. The van der Waals surface area contributed by atoms with Crippen molar-refractivity contribution in [1.82, 2.24) is 0 Å². The van der Waals surface area contributed by atoms with Crippen LogP contribution in [0.25, 0.3) is 0 Å². The van der Waals surface area contributed by atoms with Crippen molar-refractivity contribution < 1.29 is 18.6 Å². The Morgan fingerprint density at radius 3 is 2.43 bits per heavy atom. The summed E-state index contributed by atoms with van der Waals surface area (Å²) in [7, 11) is 0. The van der Waals surface area contributed by atoms with E-state index in [1.165, 1.54) is 12.1 Å². The lowest BCUT2D eigenvalue weighted by Gasteiger charge is -2.20. The largest absolute Gasteiger partial charge is 0.435 e. The topological polar surface area (TPSA) is 55.5 Å². The molecule has 0 aliphatic heterocycles. The third kappa shape index (κ3) is 4.51. The molecule has 0 saturated carbocycles. The normalized spacial score (nSPS) is 14.0. The van der Waals surface area contributed by atoms with Gasteiger partial charge >= 0.3 is 6.61 Å². The van der Waals surface area contributed by atoms with Gasteiger partial charge in [0.1, 0.15) is 5.75 Å². The quantitative estimate of drug-likeness (QED) is 0.861. The first-order valence-electron chi connectivity index (χ1n) is 6.58. The molecule has 3 N–H and O–H groups in total. The highest BCUT2D eigenvalue weighted by atomic mass is 19.3. The van der Waals surface area contributed by atoms with Crippen LogP contribution in [-0.2, 0) is 6.42 Å². The van der Waals surface area contributed by atoms with Gasteiger partial charge in [0.05, 0.1) is 12.1 Å². The lowest BCUT2D eigenvalue weighted by Crippen LogP contribution is -2.28. The van der Waals surface area contributed by atoms with E-state index < -0.39 is 18.8 Å². The minimum Gasteiger partial charge on any atom is -0.435 e. The van der Waals surface area contributed by atoms with Gasteiger partial charge in [0.2, 0.25) is 0 Å². The van der Waals surface area contributed by atoms with E-state index in [2.05, 4.69) is 4.74 Å². The Labute approximate surface area is 122 Å². The number of aliphatic hydroxyl groups is 1. The van der Waals surface area contributed by atoms with E-state index in [1.54, 1.807) is 12.1 Å². The van der Waals surface area contributed by atoms with Gasteiger partial charge in [-0.05, 0) is 23.3 Å². The molecule has 0 bridgehead atoms. The number of nitrogens with two attached hydrogens (primary N) is 1. The highest BCUT2D eigenvalue weighted by Crippen LogP contribution is 2.23. The average Bonchev–Trinajstić information content (AvgIpc) is 2.47. The van der Waals surface area contributed by atoms with Crippen molar-refractivity contribution in [2.75, 3.05) is 0 Å². The van der Waals surface area contributed by atoms with Gasteiger partial charge in [-0.1, -0.05) is 42.5 Å². The van der Waals surface area contributed by atoms with Crippen LogP contribution in [-0.4, -0.2) is 17.8 Å². The van der Waals surface area contributed by atoms with Gasteiger partial charge in [0.15, 0.2) is 0 Å². The van der Waals surface area contributed by atoms with Crippen LogP contribution in [0.3, 0.4) is 0 Å². The first kappa shape index (κ1) is 15.4. The fourth-order valence-corrected chi connectivity index (χ4v) is 2.10. The second-order valence-electron chi connectivity index (χ2n) is 4.73. The number of rotatable bonds is 6. The number of hydrogen-bond donors (Lipinski definition) is 2. The molecule has 5 heteroatoms. The minimum absolute atomic E-state index is 0.0323. The fraction of sp³-hybridized carbons (Fsp3) is 0.250. The maximum Gasteiger partial charge on any atom is 0.387 e. The van der Waals surface area contributed by atoms with E-state index >= 15 is 0 Å². The molecule has 0 aromatic heterocycles. The van der Waals surface area contributed by atoms with Gasteiger partial charge in [-0.3, -0.25) is 0 Å². The van der Waals surface area contributed by atoms with Crippen molar-refractivity contribution >= 4 is 0 Å². The summed E-state index contributed by atoms with van der Waals surface area (Å²) in [4.78, 5) is 0. The van der Waals surface area contributed by atoms with E-state index in [9.17, 15) is 13.9 Å². The molecule has 0 aliphatic rings. The predicted octanol–water partition coefficient (Wildman–Crippen LogP) is 2.89. The van der Waals surface area contributed by atoms with Gasteiger partial charge in [-0.15, -0.1) is 0 Å². The lowest BCUT2D eigenvalue weighted by atomic mass is 9.97. The molecule has 2 aromatic rings. The molecular weight excluding hydrogens is 276 g/mol. The number of halogens is 2. The molecule has 2 atom stereocenters. The Balaban J connectivity index is 2.06. The van der Waals surface area contributed by atoms with Crippen LogP contribution >= 0.6 is 0 Å². The molecule has 112 valence electrons. The number of ether oxygens (including phenoxy) is 1. The first-order chi connectivity index (χ1) is 10.1. The second-order valence-corrected chi connectivity index (χ2v) is 4.73. The van der Waals surface area contributed by atoms with Crippen LogP contribution in [0.15, 0.2) is 54.6 Å². The first-order valence-corrected chi connectivity index (χ1v) is 6.58. The Hall–Kier alpha value is -1.98.